The molecule has 4 heteroatoms. The van der Waals surface area contributed by atoms with E-state index in [2.05, 4.69) is 61.0 Å². The van der Waals surface area contributed by atoms with Gasteiger partial charge in [-0.15, -0.1) is 0 Å². The maximum atomic E-state index is 5.56. The summed E-state index contributed by atoms with van der Waals surface area (Å²) in [5.74, 6) is 2.59. The number of ether oxygens (including phenoxy) is 2. The first-order chi connectivity index (χ1) is 15.5. The van der Waals surface area contributed by atoms with E-state index in [1.165, 1.54) is 73.0 Å². The van der Waals surface area contributed by atoms with Crippen LogP contribution in [0, 0.1) is 0 Å². The van der Waals surface area contributed by atoms with E-state index in [1.54, 1.807) is 14.2 Å². The second-order valence-electron chi connectivity index (χ2n) is 9.41. The molecule has 0 unspecified atom stereocenters. The molecule has 172 valence electrons. The minimum Gasteiger partial charge on any atom is -0.493 e. The van der Waals surface area contributed by atoms with Crippen LogP contribution in [0.3, 0.4) is 0 Å². The van der Waals surface area contributed by atoms with Gasteiger partial charge in [-0.1, -0.05) is 33.3 Å². The molecule has 1 aromatic heterocycles. The predicted molar refractivity (Wildman–Crippen MR) is 134 cm³/mol. The van der Waals surface area contributed by atoms with Gasteiger partial charge in [0.2, 0.25) is 0 Å². The monoisotopic (exact) mass is 434 g/mol. The number of fused-ring (bicyclic) bond motifs is 1. The molecule has 0 spiro atoms. The van der Waals surface area contributed by atoms with Gasteiger partial charge in [-0.05, 0) is 92.2 Å². The zero-order valence-electron chi connectivity index (χ0n) is 20.3. The first-order valence-electron chi connectivity index (χ1n) is 12.2. The Morgan fingerprint density at radius 3 is 2.41 bits per heavy atom. The summed E-state index contributed by atoms with van der Waals surface area (Å²) in [6, 6.07) is 13.3. The molecule has 0 atom stereocenters. The SMILES string of the molecule is CCCCN1CCC(c2ccc3[nH]c(-c4ccc(OC)c(OC)c4)c(C(C)C)c3c2)CC1. The van der Waals surface area contributed by atoms with E-state index in [0.717, 1.165) is 17.1 Å². The van der Waals surface area contributed by atoms with E-state index in [0.29, 0.717) is 11.8 Å². The number of benzene rings is 2. The van der Waals surface area contributed by atoms with Crippen molar-refractivity contribution < 1.29 is 9.47 Å². The van der Waals surface area contributed by atoms with E-state index < -0.39 is 0 Å². The predicted octanol–water partition coefficient (Wildman–Crippen LogP) is 6.96. The maximum absolute atomic E-state index is 5.56. The summed E-state index contributed by atoms with van der Waals surface area (Å²) in [4.78, 5) is 6.35. The van der Waals surface area contributed by atoms with Crippen LogP contribution in [0.25, 0.3) is 22.2 Å². The second-order valence-corrected chi connectivity index (χ2v) is 9.41. The number of piperidine rings is 1. The molecule has 0 saturated carbocycles. The number of unbranched alkanes of at least 4 members (excludes halogenated alkanes) is 1. The number of nitrogens with one attached hydrogen (secondary N) is 1. The van der Waals surface area contributed by atoms with Crippen LogP contribution in [0.15, 0.2) is 36.4 Å². The molecule has 3 aromatic rings. The molecule has 0 amide bonds. The van der Waals surface area contributed by atoms with Gasteiger partial charge in [0.15, 0.2) is 11.5 Å². The Morgan fingerprint density at radius 2 is 1.75 bits per heavy atom. The highest BCUT2D eigenvalue weighted by Gasteiger charge is 2.23. The van der Waals surface area contributed by atoms with Crippen LogP contribution in [-0.4, -0.2) is 43.7 Å². The van der Waals surface area contributed by atoms with Crippen molar-refractivity contribution in [2.24, 2.45) is 0 Å². The molecule has 2 heterocycles. The largest absolute Gasteiger partial charge is 0.493 e. The third-order valence-corrected chi connectivity index (χ3v) is 7.00. The zero-order chi connectivity index (χ0) is 22.7. The molecule has 4 nitrogen and oxygen atoms in total. The molecule has 2 aromatic carbocycles. The molecule has 0 aliphatic carbocycles. The summed E-state index contributed by atoms with van der Waals surface area (Å²) in [7, 11) is 3.37. The number of methoxy groups -OCH3 is 2. The number of aromatic nitrogens is 1. The van der Waals surface area contributed by atoms with Gasteiger partial charge in [-0.2, -0.15) is 0 Å². The topological polar surface area (TPSA) is 37.5 Å². The molecule has 1 aliphatic heterocycles. The maximum Gasteiger partial charge on any atom is 0.161 e. The lowest BCUT2D eigenvalue weighted by atomic mass is 9.87. The van der Waals surface area contributed by atoms with E-state index >= 15 is 0 Å². The fourth-order valence-electron chi connectivity index (χ4n) is 5.18. The molecule has 1 fully saturated rings. The first kappa shape index (κ1) is 22.7. The minimum atomic E-state index is 0.415. The van der Waals surface area contributed by atoms with Gasteiger partial charge >= 0.3 is 0 Å². The number of hydrogen-bond donors (Lipinski definition) is 1. The average molecular weight is 435 g/mol. The molecular weight excluding hydrogens is 396 g/mol. The minimum absolute atomic E-state index is 0.415. The Labute approximate surface area is 192 Å². The fraction of sp³-hybridized carbons (Fsp3) is 0.500. The van der Waals surface area contributed by atoms with Crippen LogP contribution < -0.4 is 9.47 Å². The zero-order valence-corrected chi connectivity index (χ0v) is 20.3. The van der Waals surface area contributed by atoms with Crippen molar-refractivity contribution in [3.05, 3.63) is 47.5 Å². The summed E-state index contributed by atoms with van der Waals surface area (Å²) in [6.07, 6.45) is 5.12. The number of H-pyrrole nitrogens is 1. The first-order valence-corrected chi connectivity index (χ1v) is 12.2. The van der Waals surface area contributed by atoms with Crippen molar-refractivity contribution in [1.29, 1.82) is 0 Å². The Balaban J connectivity index is 1.67. The third kappa shape index (κ3) is 4.52. The summed E-state index contributed by atoms with van der Waals surface area (Å²) in [6.45, 7) is 10.6. The highest BCUT2D eigenvalue weighted by atomic mass is 16.5. The Hall–Kier alpha value is -2.46. The second kappa shape index (κ2) is 9.99. The smallest absolute Gasteiger partial charge is 0.161 e. The highest BCUT2D eigenvalue weighted by molar-refractivity contribution is 5.92. The van der Waals surface area contributed by atoms with Gasteiger partial charge in [0, 0.05) is 16.5 Å². The number of nitrogens with zero attached hydrogens (tertiary/aromatic N) is 1. The third-order valence-electron chi connectivity index (χ3n) is 7.00. The van der Waals surface area contributed by atoms with Gasteiger partial charge in [0.05, 0.1) is 19.9 Å². The number of rotatable bonds is 8. The van der Waals surface area contributed by atoms with Gasteiger partial charge in [-0.25, -0.2) is 0 Å². The van der Waals surface area contributed by atoms with Gasteiger partial charge in [-0.3, -0.25) is 0 Å². The Bertz CT molecular complexity index is 1050. The molecule has 1 saturated heterocycles. The lowest BCUT2D eigenvalue weighted by molar-refractivity contribution is 0.210. The summed E-state index contributed by atoms with van der Waals surface area (Å²) >= 11 is 0. The van der Waals surface area contributed by atoms with E-state index in [4.69, 9.17) is 9.47 Å². The standard InChI is InChI=1S/C28H38N2O2/c1-6-7-14-30-15-12-20(13-16-30)21-8-10-24-23(17-21)27(19(2)3)28(29-24)22-9-11-25(31-4)26(18-22)32-5/h8-11,17-20,29H,6-7,12-16H2,1-5H3. The van der Waals surface area contributed by atoms with E-state index in [9.17, 15) is 0 Å². The number of likely N-dealkylation sites (tertiary alicyclic amines) is 1. The Morgan fingerprint density at radius 1 is 1.00 bits per heavy atom. The fourth-order valence-corrected chi connectivity index (χ4v) is 5.18. The highest BCUT2D eigenvalue weighted by Crippen LogP contribution is 2.40. The van der Waals surface area contributed by atoms with Gasteiger partial charge in [0.25, 0.3) is 0 Å². The summed E-state index contributed by atoms with van der Waals surface area (Å²) in [5, 5.41) is 1.36. The molecule has 1 aliphatic rings. The number of hydrogen-bond acceptors (Lipinski definition) is 3. The molecule has 0 bridgehead atoms. The molecule has 4 rings (SSSR count). The molecule has 1 N–H and O–H groups in total. The quantitative estimate of drug-likeness (QED) is 0.416. The van der Waals surface area contributed by atoms with Crippen molar-refractivity contribution in [2.45, 2.75) is 58.3 Å². The van der Waals surface area contributed by atoms with Crippen LogP contribution in [-0.2, 0) is 0 Å². The normalized spacial score (nSPS) is 15.6. The van der Waals surface area contributed by atoms with Gasteiger partial charge in [0.1, 0.15) is 0 Å². The summed E-state index contributed by atoms with van der Waals surface area (Å²) in [5.41, 5.74) is 6.40. The van der Waals surface area contributed by atoms with Crippen LogP contribution in [0.1, 0.15) is 69.4 Å². The van der Waals surface area contributed by atoms with E-state index in [1.807, 2.05) is 6.07 Å². The van der Waals surface area contributed by atoms with Gasteiger partial charge < -0.3 is 19.4 Å². The summed E-state index contributed by atoms with van der Waals surface area (Å²) < 4.78 is 11.0. The van der Waals surface area contributed by atoms with Crippen LogP contribution >= 0.6 is 0 Å². The molecular formula is C28H38N2O2. The van der Waals surface area contributed by atoms with E-state index in [-0.39, 0.29) is 0 Å². The number of aromatic amines is 1. The van der Waals surface area contributed by atoms with Crippen molar-refractivity contribution in [1.82, 2.24) is 9.88 Å². The molecule has 0 radical (unpaired) electrons. The molecule has 32 heavy (non-hydrogen) atoms. The van der Waals surface area contributed by atoms with Crippen LogP contribution in [0.4, 0.5) is 0 Å². The lowest BCUT2D eigenvalue weighted by Gasteiger charge is -2.32. The Kier molecular flexibility index (Phi) is 7.10. The average Bonchev–Trinajstić information content (AvgIpc) is 3.21. The van der Waals surface area contributed by atoms with Crippen molar-refractivity contribution >= 4 is 10.9 Å². The lowest BCUT2D eigenvalue weighted by Crippen LogP contribution is -2.33. The van der Waals surface area contributed by atoms with Crippen molar-refractivity contribution in [3.63, 3.8) is 0 Å². The van der Waals surface area contributed by atoms with Crippen molar-refractivity contribution in [3.8, 4) is 22.8 Å². The van der Waals surface area contributed by atoms with Crippen LogP contribution in [0.5, 0.6) is 11.5 Å². The van der Waals surface area contributed by atoms with Crippen LogP contribution in [0.2, 0.25) is 0 Å². The van der Waals surface area contributed by atoms with Crippen molar-refractivity contribution in [2.75, 3.05) is 33.9 Å².